The van der Waals surface area contributed by atoms with Crippen molar-refractivity contribution in [2.45, 2.75) is 32.0 Å². The van der Waals surface area contributed by atoms with Gasteiger partial charge in [-0.1, -0.05) is 31.2 Å². The SMILES string of the molecule is CC1CCC(=Cc2ccc(OCC3CO3)cc2)C(=O)C1=Cc1ccc(OCC2CO2)cc1. The number of hydrogen-bond acceptors (Lipinski definition) is 5. The van der Waals surface area contributed by atoms with Gasteiger partial charge in [0.15, 0.2) is 5.78 Å². The van der Waals surface area contributed by atoms with Crippen molar-refractivity contribution >= 4 is 17.9 Å². The summed E-state index contributed by atoms with van der Waals surface area (Å²) >= 11 is 0. The van der Waals surface area contributed by atoms with E-state index in [1.54, 1.807) is 0 Å². The van der Waals surface area contributed by atoms with Gasteiger partial charge in [-0.3, -0.25) is 4.79 Å². The summed E-state index contributed by atoms with van der Waals surface area (Å²) in [6, 6.07) is 15.8. The average Bonchev–Trinajstić information content (AvgIpc) is 3.73. The zero-order valence-corrected chi connectivity index (χ0v) is 18.3. The van der Waals surface area contributed by atoms with Crippen molar-refractivity contribution in [3.05, 3.63) is 70.8 Å². The molecule has 0 radical (unpaired) electrons. The zero-order chi connectivity index (χ0) is 21.9. The van der Waals surface area contributed by atoms with Crippen LogP contribution in [0, 0.1) is 5.92 Å². The van der Waals surface area contributed by atoms with Crippen molar-refractivity contribution in [2.75, 3.05) is 26.4 Å². The molecule has 0 spiro atoms. The fourth-order valence-corrected chi connectivity index (χ4v) is 3.80. The number of benzene rings is 2. The third kappa shape index (κ3) is 5.47. The largest absolute Gasteiger partial charge is 0.491 e. The highest BCUT2D eigenvalue weighted by molar-refractivity contribution is 6.14. The minimum atomic E-state index is 0.140. The van der Waals surface area contributed by atoms with Gasteiger partial charge < -0.3 is 18.9 Å². The smallest absolute Gasteiger partial charge is 0.185 e. The number of epoxide rings is 2. The maximum atomic E-state index is 13.2. The number of rotatable bonds is 8. The predicted molar refractivity (Wildman–Crippen MR) is 123 cm³/mol. The summed E-state index contributed by atoms with van der Waals surface area (Å²) in [5.74, 6) is 2.02. The number of carbonyl (C=O) groups is 1. The Bertz CT molecular complexity index is 1010. The summed E-state index contributed by atoms with van der Waals surface area (Å²) in [4.78, 5) is 13.2. The number of Topliss-reactive ketones (excluding diaryl/α,β-unsaturated/α-hetero) is 1. The van der Waals surface area contributed by atoms with E-state index in [-0.39, 0.29) is 23.9 Å². The first-order chi connectivity index (χ1) is 15.6. The molecule has 2 aromatic rings. The summed E-state index contributed by atoms with van der Waals surface area (Å²) in [5.41, 5.74) is 3.75. The predicted octanol–water partition coefficient (Wildman–Crippen LogP) is 4.71. The number of ether oxygens (including phenoxy) is 4. The molecule has 5 nitrogen and oxygen atoms in total. The molecule has 32 heavy (non-hydrogen) atoms. The van der Waals surface area contributed by atoms with E-state index in [9.17, 15) is 4.79 Å². The quantitative estimate of drug-likeness (QED) is 0.447. The topological polar surface area (TPSA) is 60.6 Å². The summed E-state index contributed by atoms with van der Waals surface area (Å²) < 4.78 is 21.7. The van der Waals surface area contributed by atoms with E-state index in [2.05, 4.69) is 6.92 Å². The van der Waals surface area contributed by atoms with Crippen molar-refractivity contribution in [2.24, 2.45) is 5.92 Å². The lowest BCUT2D eigenvalue weighted by molar-refractivity contribution is -0.113. The van der Waals surface area contributed by atoms with Crippen LogP contribution in [0.2, 0.25) is 0 Å². The molecule has 2 heterocycles. The van der Waals surface area contributed by atoms with Crippen LogP contribution < -0.4 is 9.47 Å². The number of ketones is 1. The molecule has 0 aromatic heterocycles. The van der Waals surface area contributed by atoms with Gasteiger partial charge in [0, 0.05) is 11.1 Å². The van der Waals surface area contributed by atoms with Crippen molar-refractivity contribution in [3.8, 4) is 11.5 Å². The Balaban J connectivity index is 1.26. The standard InChI is InChI=1S/C27H28O5/c1-18-2-7-21(12-19-3-8-22(9-4-19)29-14-24-16-31-24)27(28)26(18)13-20-5-10-23(11-6-20)30-15-25-17-32-25/h3-6,8-13,18,24-25H,2,7,14-17H2,1H3. The first kappa shape index (κ1) is 21.0. The molecule has 2 aliphatic heterocycles. The van der Waals surface area contributed by atoms with Gasteiger partial charge in [-0.15, -0.1) is 0 Å². The lowest BCUT2D eigenvalue weighted by Gasteiger charge is -2.23. The second-order valence-corrected chi connectivity index (χ2v) is 8.71. The van der Waals surface area contributed by atoms with E-state index in [0.29, 0.717) is 13.2 Å². The van der Waals surface area contributed by atoms with E-state index < -0.39 is 0 Å². The van der Waals surface area contributed by atoms with Gasteiger partial charge in [0.1, 0.15) is 36.9 Å². The summed E-state index contributed by atoms with van der Waals surface area (Å²) in [6.07, 6.45) is 6.27. The summed E-state index contributed by atoms with van der Waals surface area (Å²) in [7, 11) is 0. The van der Waals surface area contributed by atoms with Gasteiger partial charge >= 0.3 is 0 Å². The molecule has 0 bridgehead atoms. The maximum absolute atomic E-state index is 13.2. The van der Waals surface area contributed by atoms with E-state index in [1.807, 2.05) is 60.7 Å². The molecular formula is C27H28O5. The van der Waals surface area contributed by atoms with Crippen LogP contribution in [0.1, 0.15) is 30.9 Å². The first-order valence-electron chi connectivity index (χ1n) is 11.3. The zero-order valence-electron chi connectivity index (χ0n) is 18.3. The average molecular weight is 433 g/mol. The minimum absolute atomic E-state index is 0.140. The van der Waals surface area contributed by atoms with Crippen molar-refractivity contribution in [1.29, 1.82) is 0 Å². The van der Waals surface area contributed by atoms with Crippen LogP contribution in [0.5, 0.6) is 11.5 Å². The highest BCUT2D eigenvalue weighted by Crippen LogP contribution is 2.33. The van der Waals surface area contributed by atoms with Crippen LogP contribution >= 0.6 is 0 Å². The number of carbonyl (C=O) groups excluding carboxylic acids is 1. The third-order valence-corrected chi connectivity index (χ3v) is 6.03. The molecule has 2 saturated heterocycles. The first-order valence-corrected chi connectivity index (χ1v) is 11.3. The monoisotopic (exact) mass is 432 g/mol. The molecule has 1 aliphatic carbocycles. The van der Waals surface area contributed by atoms with Crippen LogP contribution in [0.15, 0.2) is 59.7 Å². The molecule has 3 fully saturated rings. The third-order valence-electron chi connectivity index (χ3n) is 6.03. The molecule has 3 aliphatic rings. The van der Waals surface area contributed by atoms with E-state index in [0.717, 1.165) is 59.8 Å². The van der Waals surface area contributed by atoms with E-state index in [1.165, 1.54) is 0 Å². The van der Waals surface area contributed by atoms with Crippen LogP contribution in [0.3, 0.4) is 0 Å². The van der Waals surface area contributed by atoms with Gasteiger partial charge in [-0.05, 0) is 66.3 Å². The lowest BCUT2D eigenvalue weighted by atomic mass is 9.80. The second kappa shape index (κ2) is 9.31. The molecule has 3 unspecified atom stereocenters. The fraction of sp³-hybridized carbons (Fsp3) is 0.370. The van der Waals surface area contributed by atoms with Gasteiger partial charge in [0.05, 0.1) is 13.2 Å². The lowest BCUT2D eigenvalue weighted by Crippen LogP contribution is -2.19. The molecule has 0 N–H and O–H groups in total. The van der Waals surface area contributed by atoms with Crippen LogP contribution in [-0.2, 0) is 14.3 Å². The Hall–Kier alpha value is -2.89. The highest BCUT2D eigenvalue weighted by Gasteiger charge is 2.27. The molecule has 3 atom stereocenters. The number of hydrogen-bond donors (Lipinski definition) is 0. The van der Waals surface area contributed by atoms with Gasteiger partial charge in [-0.2, -0.15) is 0 Å². The van der Waals surface area contributed by atoms with E-state index in [4.69, 9.17) is 18.9 Å². The Morgan fingerprint density at radius 3 is 1.84 bits per heavy atom. The molecule has 2 aromatic carbocycles. The minimum Gasteiger partial charge on any atom is -0.491 e. The van der Waals surface area contributed by atoms with Gasteiger partial charge in [0.2, 0.25) is 0 Å². The normalized spacial score (nSPS) is 26.9. The van der Waals surface area contributed by atoms with Crippen LogP contribution in [0.4, 0.5) is 0 Å². The molecule has 5 heteroatoms. The molecule has 5 rings (SSSR count). The van der Waals surface area contributed by atoms with Crippen LogP contribution in [-0.4, -0.2) is 44.4 Å². The molecule has 1 saturated carbocycles. The molecule has 0 amide bonds. The van der Waals surface area contributed by atoms with Crippen molar-refractivity contribution < 1.29 is 23.7 Å². The Kier molecular flexibility index (Phi) is 6.10. The Morgan fingerprint density at radius 1 is 0.844 bits per heavy atom. The van der Waals surface area contributed by atoms with Crippen LogP contribution in [0.25, 0.3) is 12.2 Å². The number of allylic oxidation sites excluding steroid dienone is 2. The molecular weight excluding hydrogens is 404 g/mol. The summed E-state index contributed by atoms with van der Waals surface area (Å²) in [6.45, 7) is 4.88. The van der Waals surface area contributed by atoms with Gasteiger partial charge in [-0.25, -0.2) is 0 Å². The van der Waals surface area contributed by atoms with Crippen molar-refractivity contribution in [3.63, 3.8) is 0 Å². The van der Waals surface area contributed by atoms with E-state index >= 15 is 0 Å². The highest BCUT2D eigenvalue weighted by atomic mass is 16.6. The Labute approximate surface area is 188 Å². The van der Waals surface area contributed by atoms with Gasteiger partial charge in [0.25, 0.3) is 0 Å². The van der Waals surface area contributed by atoms with Crippen molar-refractivity contribution in [1.82, 2.24) is 0 Å². The Morgan fingerprint density at radius 2 is 1.34 bits per heavy atom. The summed E-state index contributed by atoms with van der Waals surface area (Å²) in [5, 5.41) is 0. The fourth-order valence-electron chi connectivity index (χ4n) is 3.80. The maximum Gasteiger partial charge on any atom is 0.185 e. The second-order valence-electron chi connectivity index (χ2n) is 8.71. The molecule has 166 valence electrons.